The predicted octanol–water partition coefficient (Wildman–Crippen LogP) is 3.72. The Morgan fingerprint density at radius 1 is 0.850 bits per heavy atom. The van der Waals surface area contributed by atoms with E-state index in [-0.39, 0.29) is 45.9 Å². The Labute approximate surface area is 350 Å². The Morgan fingerprint density at radius 2 is 1.43 bits per heavy atom. The van der Waals surface area contributed by atoms with Crippen molar-refractivity contribution in [3.8, 4) is 6.07 Å². The van der Waals surface area contributed by atoms with Crippen molar-refractivity contribution in [1.29, 1.82) is 5.26 Å². The number of H-pyrrole nitrogens is 1. The molecule has 3 N–H and O–H groups in total. The van der Waals surface area contributed by atoms with Gasteiger partial charge in [-0.25, -0.2) is 16.8 Å². The molecule has 4 aromatic heterocycles. The zero-order valence-electron chi connectivity index (χ0n) is 34.3. The van der Waals surface area contributed by atoms with Gasteiger partial charge in [0.1, 0.15) is 34.4 Å². The normalized spacial score (nSPS) is 16.6. The number of nitrogens with one attached hydrogen (secondary N) is 3. The molecule has 5 aromatic rings. The number of hydrogen-bond acceptors (Lipinski definition) is 11. The Bertz CT molecular complexity index is 2470. The molecule has 2 saturated heterocycles. The summed E-state index contributed by atoms with van der Waals surface area (Å²) in [7, 11) is -7.92. The van der Waals surface area contributed by atoms with Gasteiger partial charge in [-0.1, -0.05) is 25.1 Å². The zero-order valence-corrected chi connectivity index (χ0v) is 36.0. The molecule has 1 aromatic carbocycles. The first-order valence-electron chi connectivity index (χ1n) is 20.2. The Hall–Kier alpha value is -5.36. The number of amides is 2. The first kappa shape index (κ1) is 44.2. The van der Waals surface area contributed by atoms with E-state index in [0.29, 0.717) is 62.2 Å². The number of benzene rings is 1. The molecule has 0 spiro atoms. The van der Waals surface area contributed by atoms with Crippen molar-refractivity contribution < 1.29 is 30.9 Å². The third-order valence-corrected chi connectivity index (χ3v) is 14.4. The van der Waals surface area contributed by atoms with Crippen LogP contribution >= 0.6 is 0 Å². The number of aromatic nitrogens is 6. The third-order valence-electron chi connectivity index (χ3n) is 11.1. The standard InChI is InChI=1S/C20H26N6O3S.C20H27N5O4S/c1-15-6-12-25(13-7-15)20(27)18(8-14-26-22-10-11-23-26)24-30(28,29)19-4-2-3-17-16(19)5-9-21-17;1-14-6-10-25(11-7-14)20(26)18(8-12-24-9-4-5-17(24)13-21)23-30(27,28)19-15(2)22-29-16(19)3/h2-5,9-11,15,18,21,24H,6-8,12-14H2,1H3;4-5,9,14,18,23H,6-8,10-12H2,1-3H3. The van der Waals surface area contributed by atoms with E-state index >= 15 is 0 Å². The maximum absolute atomic E-state index is 13.2. The molecule has 7 rings (SSSR count). The summed E-state index contributed by atoms with van der Waals surface area (Å²) in [6.07, 6.45) is 10.7. The average molecular weight is 864 g/mol. The molecule has 18 nitrogen and oxygen atoms in total. The largest absolute Gasteiger partial charge is 0.361 e. The van der Waals surface area contributed by atoms with Gasteiger partial charge in [-0.2, -0.15) is 29.7 Å². The molecule has 2 atom stereocenters. The zero-order chi connectivity index (χ0) is 43.0. The number of nitrogens with zero attached hydrogens (tertiary/aromatic N) is 8. The minimum absolute atomic E-state index is 0.0359. The molecular weight excluding hydrogens is 811 g/mol. The summed E-state index contributed by atoms with van der Waals surface area (Å²) in [5, 5.41) is 21.6. The number of piperidine rings is 2. The Balaban J connectivity index is 0.000000201. The van der Waals surface area contributed by atoms with Crippen LogP contribution in [0.3, 0.4) is 0 Å². The number of carbonyl (C=O) groups is 2. The first-order valence-corrected chi connectivity index (χ1v) is 23.1. The summed E-state index contributed by atoms with van der Waals surface area (Å²) in [4.78, 5) is 34.5. The van der Waals surface area contributed by atoms with E-state index in [4.69, 9.17) is 4.52 Å². The van der Waals surface area contributed by atoms with Gasteiger partial charge < -0.3 is 23.9 Å². The number of aromatic amines is 1. The summed E-state index contributed by atoms with van der Waals surface area (Å²) >= 11 is 0. The lowest BCUT2D eigenvalue weighted by Crippen LogP contribution is -2.51. The molecule has 0 radical (unpaired) electrons. The van der Waals surface area contributed by atoms with Gasteiger partial charge in [0, 0.05) is 56.0 Å². The van der Waals surface area contributed by atoms with Gasteiger partial charge in [-0.3, -0.25) is 9.59 Å². The first-order chi connectivity index (χ1) is 28.7. The molecule has 2 unspecified atom stereocenters. The highest BCUT2D eigenvalue weighted by Gasteiger charge is 2.34. The number of aryl methyl sites for hydroxylation is 4. The van der Waals surface area contributed by atoms with Crippen LogP contribution in [0.5, 0.6) is 0 Å². The number of likely N-dealkylation sites (tertiary alicyclic amines) is 2. The number of carbonyl (C=O) groups excluding carboxylic acids is 2. The third kappa shape index (κ3) is 10.7. The van der Waals surface area contributed by atoms with Crippen LogP contribution in [0.4, 0.5) is 0 Å². The van der Waals surface area contributed by atoms with E-state index in [1.165, 1.54) is 11.7 Å². The molecule has 2 aliphatic rings. The number of hydrogen-bond donors (Lipinski definition) is 3. The van der Waals surface area contributed by atoms with E-state index in [0.717, 1.165) is 31.2 Å². The van der Waals surface area contributed by atoms with Crippen LogP contribution < -0.4 is 9.44 Å². The summed E-state index contributed by atoms with van der Waals surface area (Å²) in [6.45, 7) is 10.6. The minimum atomic E-state index is -4.01. The van der Waals surface area contributed by atoms with Gasteiger partial charge in [0.05, 0.1) is 23.8 Å². The van der Waals surface area contributed by atoms with Crippen LogP contribution in [-0.4, -0.2) is 106 Å². The number of rotatable bonds is 14. The summed E-state index contributed by atoms with van der Waals surface area (Å²) < 4.78 is 64.4. The van der Waals surface area contributed by atoms with E-state index in [1.807, 2.05) is 6.07 Å². The molecule has 60 heavy (non-hydrogen) atoms. The van der Waals surface area contributed by atoms with Gasteiger partial charge in [0.25, 0.3) is 0 Å². The fourth-order valence-electron chi connectivity index (χ4n) is 7.59. The topological polar surface area (TPSA) is 234 Å². The SMILES string of the molecule is CC1CCN(C(=O)C(CCn2nccn2)NS(=O)(=O)c2cccc3[nH]ccc23)CC1.Cc1noc(C)c1S(=O)(=O)NC(CCn1cccc1C#N)C(=O)N1CCC(C)CC1. The van der Waals surface area contributed by atoms with Crippen LogP contribution in [0.2, 0.25) is 0 Å². The smallest absolute Gasteiger partial charge is 0.246 e. The van der Waals surface area contributed by atoms with Crippen LogP contribution in [0.1, 0.15) is 69.5 Å². The quantitative estimate of drug-likeness (QED) is 0.146. The van der Waals surface area contributed by atoms with E-state index in [9.17, 15) is 31.7 Å². The van der Waals surface area contributed by atoms with Gasteiger partial charge in [-0.15, -0.1) is 0 Å². The van der Waals surface area contributed by atoms with E-state index in [1.54, 1.807) is 76.4 Å². The van der Waals surface area contributed by atoms with Crippen molar-refractivity contribution in [3.05, 3.63) is 78.3 Å². The number of nitriles is 1. The molecule has 322 valence electrons. The molecule has 0 saturated carbocycles. The lowest BCUT2D eigenvalue weighted by atomic mass is 9.98. The maximum atomic E-state index is 13.2. The number of fused-ring (bicyclic) bond motifs is 1. The van der Waals surface area contributed by atoms with Crippen LogP contribution in [-0.2, 0) is 42.7 Å². The molecule has 20 heteroatoms. The van der Waals surface area contributed by atoms with Crippen molar-refractivity contribution in [3.63, 3.8) is 0 Å². The highest BCUT2D eigenvalue weighted by Crippen LogP contribution is 2.25. The molecule has 2 aliphatic heterocycles. The fourth-order valence-corrected chi connectivity index (χ4v) is 10.6. The van der Waals surface area contributed by atoms with Crippen molar-refractivity contribution in [2.45, 2.75) is 101 Å². The maximum Gasteiger partial charge on any atom is 0.246 e. The molecule has 2 amide bonds. The molecule has 6 heterocycles. The predicted molar refractivity (Wildman–Crippen MR) is 221 cm³/mol. The summed E-state index contributed by atoms with van der Waals surface area (Å²) in [6, 6.07) is 10.5. The lowest BCUT2D eigenvalue weighted by Gasteiger charge is -2.33. The summed E-state index contributed by atoms with van der Waals surface area (Å²) in [5.41, 5.74) is 1.43. The van der Waals surface area contributed by atoms with Gasteiger partial charge >= 0.3 is 0 Å². The van der Waals surface area contributed by atoms with Gasteiger partial charge in [0.15, 0.2) is 5.76 Å². The molecule has 0 bridgehead atoms. The molecule has 2 fully saturated rings. The summed E-state index contributed by atoms with van der Waals surface area (Å²) in [5.74, 6) is 0.852. The highest BCUT2D eigenvalue weighted by molar-refractivity contribution is 7.90. The van der Waals surface area contributed by atoms with E-state index in [2.05, 4.69) is 49.7 Å². The average Bonchev–Trinajstić information content (AvgIpc) is 4.07. The molecular formula is C40H53N11O7S2. The Kier molecular flexibility index (Phi) is 14.3. The van der Waals surface area contributed by atoms with Crippen LogP contribution in [0.15, 0.2) is 75.5 Å². The molecule has 0 aliphatic carbocycles. The lowest BCUT2D eigenvalue weighted by molar-refractivity contribution is -0.135. The van der Waals surface area contributed by atoms with E-state index < -0.39 is 32.1 Å². The van der Waals surface area contributed by atoms with Gasteiger partial charge in [-0.05, 0) is 94.5 Å². The highest BCUT2D eigenvalue weighted by atomic mass is 32.2. The second-order valence-corrected chi connectivity index (χ2v) is 18.9. The van der Waals surface area contributed by atoms with Crippen molar-refractivity contribution in [2.24, 2.45) is 11.8 Å². The van der Waals surface area contributed by atoms with Crippen molar-refractivity contribution >= 4 is 42.8 Å². The fraction of sp³-hybridized carbons (Fsp3) is 0.500. The number of sulfonamides is 2. The Morgan fingerprint density at radius 3 is 2.00 bits per heavy atom. The van der Waals surface area contributed by atoms with Gasteiger partial charge in [0.2, 0.25) is 31.9 Å². The van der Waals surface area contributed by atoms with Crippen molar-refractivity contribution in [2.75, 3.05) is 26.2 Å². The monoisotopic (exact) mass is 863 g/mol. The van der Waals surface area contributed by atoms with Crippen molar-refractivity contribution in [1.82, 2.24) is 48.9 Å². The van der Waals surface area contributed by atoms with Crippen LogP contribution in [0, 0.1) is 37.0 Å². The second kappa shape index (κ2) is 19.4. The minimum Gasteiger partial charge on any atom is -0.361 e. The van der Waals surface area contributed by atoms with Crippen LogP contribution in [0.25, 0.3) is 10.9 Å². The second-order valence-electron chi connectivity index (χ2n) is 15.6.